The summed E-state index contributed by atoms with van der Waals surface area (Å²) in [5.41, 5.74) is -2.33. The van der Waals surface area contributed by atoms with Crippen LogP contribution in [0.25, 0.3) is 10.8 Å². The first-order valence-electron chi connectivity index (χ1n) is 20.1. The summed E-state index contributed by atoms with van der Waals surface area (Å²) in [6.45, 7) is 14.7. The summed E-state index contributed by atoms with van der Waals surface area (Å²) in [5.74, 6) is -3.00. The Labute approximate surface area is 330 Å². The van der Waals surface area contributed by atoms with Crippen LogP contribution in [0.4, 0.5) is 0 Å². The first-order valence-corrected chi connectivity index (χ1v) is 21.6. The molecular formula is C42H58N4O9S. The van der Waals surface area contributed by atoms with Crippen molar-refractivity contribution in [2.24, 2.45) is 29.1 Å². The molecule has 1 aromatic heterocycles. The molecule has 0 radical (unpaired) electrons. The number of carbonyl (C=O) groups is 4. The summed E-state index contributed by atoms with van der Waals surface area (Å²) in [4.78, 5) is 71.7. The summed E-state index contributed by atoms with van der Waals surface area (Å²) in [6, 6.07) is 5.68. The van der Waals surface area contributed by atoms with Gasteiger partial charge >= 0.3 is 5.97 Å². The highest BCUT2D eigenvalue weighted by atomic mass is 32.2. The molecule has 56 heavy (non-hydrogen) atoms. The molecule has 14 heteroatoms. The van der Waals surface area contributed by atoms with E-state index < -0.39 is 55.7 Å². The second kappa shape index (κ2) is 15.4. The molecule has 2 aromatic rings. The van der Waals surface area contributed by atoms with Crippen LogP contribution in [0.5, 0.6) is 5.88 Å². The number of sulfonamides is 1. The number of rotatable bonds is 8. The van der Waals surface area contributed by atoms with E-state index in [1.165, 1.54) is 9.58 Å². The van der Waals surface area contributed by atoms with E-state index in [0.29, 0.717) is 42.9 Å². The number of nitrogens with one attached hydrogen (secondary N) is 1. The lowest BCUT2D eigenvalue weighted by Gasteiger charge is -2.32. The molecular weight excluding hydrogens is 737 g/mol. The summed E-state index contributed by atoms with van der Waals surface area (Å²) in [5, 5.41) is 5.49. The molecule has 0 spiro atoms. The van der Waals surface area contributed by atoms with E-state index in [0.717, 1.165) is 6.42 Å². The third-order valence-electron chi connectivity index (χ3n) is 12.2. The molecule has 2 amide bonds. The molecule has 13 nitrogen and oxygen atoms in total. The normalized spacial score (nSPS) is 30.1. The zero-order chi connectivity index (χ0) is 41.0. The number of fused-ring (bicyclic) bond motifs is 3. The Bertz CT molecular complexity index is 2080. The topological polar surface area (TPSA) is 171 Å². The van der Waals surface area contributed by atoms with Crippen LogP contribution in [0.2, 0.25) is 0 Å². The minimum atomic E-state index is -3.97. The number of carbonyl (C=O) groups excluding carboxylic acids is 4. The van der Waals surface area contributed by atoms with Crippen LogP contribution in [0.1, 0.15) is 119 Å². The van der Waals surface area contributed by atoms with Crippen LogP contribution < -0.4 is 15.0 Å². The van der Waals surface area contributed by atoms with Gasteiger partial charge in [0.1, 0.15) is 11.7 Å². The maximum atomic E-state index is 14.9. The molecule has 306 valence electrons. The predicted molar refractivity (Wildman–Crippen MR) is 211 cm³/mol. The fourth-order valence-electron chi connectivity index (χ4n) is 8.42. The van der Waals surface area contributed by atoms with E-state index in [9.17, 15) is 32.4 Å². The maximum Gasteiger partial charge on any atom is 0.307 e. The molecule has 2 saturated carbocycles. The molecule has 2 aliphatic heterocycles. The van der Waals surface area contributed by atoms with Crippen molar-refractivity contribution >= 4 is 44.4 Å². The van der Waals surface area contributed by atoms with Crippen molar-refractivity contribution in [3.05, 3.63) is 46.8 Å². The predicted octanol–water partition coefficient (Wildman–Crippen LogP) is 5.65. The number of esters is 1. The fraction of sp³-hybridized carbons (Fsp3) is 0.667. The van der Waals surface area contributed by atoms with E-state index >= 15 is 0 Å². The molecule has 0 bridgehead atoms. The zero-order valence-corrected chi connectivity index (χ0v) is 34.8. The summed E-state index contributed by atoms with van der Waals surface area (Å²) < 4.78 is 41.4. The van der Waals surface area contributed by atoms with Crippen molar-refractivity contribution in [1.82, 2.24) is 19.4 Å². The van der Waals surface area contributed by atoms with Gasteiger partial charge in [-0.3, -0.25) is 28.7 Å². The highest BCUT2D eigenvalue weighted by molar-refractivity contribution is 7.91. The molecule has 3 heterocycles. The van der Waals surface area contributed by atoms with E-state index in [4.69, 9.17) is 9.47 Å². The monoisotopic (exact) mass is 794 g/mol. The van der Waals surface area contributed by atoms with Gasteiger partial charge in [0.05, 0.1) is 51.9 Å². The number of benzene rings is 1. The van der Waals surface area contributed by atoms with Gasteiger partial charge in [-0.1, -0.05) is 38.1 Å². The minimum absolute atomic E-state index is 0.00555. The van der Waals surface area contributed by atoms with Gasteiger partial charge in [-0.05, 0) is 110 Å². The summed E-state index contributed by atoms with van der Waals surface area (Å²) >= 11 is 0. The van der Waals surface area contributed by atoms with Gasteiger partial charge in [-0.15, -0.1) is 5.10 Å². The van der Waals surface area contributed by atoms with Gasteiger partial charge in [0, 0.05) is 12.8 Å². The van der Waals surface area contributed by atoms with Gasteiger partial charge in [-0.2, -0.15) is 0 Å². The van der Waals surface area contributed by atoms with E-state index in [1.807, 2.05) is 32.9 Å². The minimum Gasteiger partial charge on any atom is -0.471 e. The van der Waals surface area contributed by atoms with Crippen molar-refractivity contribution in [1.29, 1.82) is 0 Å². The average molecular weight is 795 g/mol. The molecule has 6 rings (SSSR count). The molecule has 0 unspecified atom stereocenters. The number of hydrogen-bond donors (Lipinski definition) is 1. The lowest BCUT2D eigenvalue weighted by atomic mass is 9.82. The second-order valence-electron chi connectivity index (χ2n) is 18.4. The fourth-order valence-corrected chi connectivity index (χ4v) is 9.75. The van der Waals surface area contributed by atoms with Crippen molar-refractivity contribution in [3.8, 4) is 5.88 Å². The number of nitrogens with zero attached hydrogens (tertiary/aromatic N) is 3. The number of hydrogen-bond acceptors (Lipinski definition) is 10. The van der Waals surface area contributed by atoms with E-state index in [-0.39, 0.29) is 72.7 Å². The third-order valence-corrected chi connectivity index (χ3v) is 14.3. The third kappa shape index (κ3) is 8.60. The van der Waals surface area contributed by atoms with Crippen LogP contribution in [0, 0.1) is 29.1 Å². The Kier molecular flexibility index (Phi) is 11.4. The van der Waals surface area contributed by atoms with E-state index in [2.05, 4.69) is 16.7 Å². The number of ketones is 1. The van der Waals surface area contributed by atoms with Gasteiger partial charge in [0.15, 0.2) is 5.78 Å². The summed E-state index contributed by atoms with van der Waals surface area (Å²) in [7, 11) is -3.97. The van der Waals surface area contributed by atoms with Crippen LogP contribution in [-0.4, -0.2) is 75.7 Å². The van der Waals surface area contributed by atoms with Gasteiger partial charge < -0.3 is 14.4 Å². The quantitative estimate of drug-likeness (QED) is 0.260. The van der Waals surface area contributed by atoms with Crippen molar-refractivity contribution in [2.45, 2.75) is 142 Å². The second-order valence-corrected chi connectivity index (χ2v) is 20.6. The number of Topliss-reactive ketones (excluding diaryl/α,β-unsaturated/α-hetero) is 1. The van der Waals surface area contributed by atoms with E-state index in [1.54, 1.807) is 52.0 Å². The number of amides is 2. The maximum absolute atomic E-state index is 14.9. The Balaban J connectivity index is 1.38. The first-order chi connectivity index (χ1) is 26.1. The highest BCUT2D eigenvalue weighted by Crippen LogP contribution is 2.57. The van der Waals surface area contributed by atoms with Crippen LogP contribution in [-0.2, 0) is 33.9 Å². The van der Waals surface area contributed by atoms with Crippen molar-refractivity contribution in [3.63, 3.8) is 0 Å². The molecule has 7 atom stereocenters. The highest BCUT2D eigenvalue weighted by Gasteiger charge is 2.62. The van der Waals surface area contributed by atoms with Gasteiger partial charge in [0.25, 0.3) is 5.56 Å². The van der Waals surface area contributed by atoms with Gasteiger partial charge in [-0.25, -0.2) is 13.1 Å². The number of aromatic nitrogens is 2. The first kappa shape index (κ1) is 41.6. The summed E-state index contributed by atoms with van der Waals surface area (Å²) in [6.07, 6.45) is 6.18. The van der Waals surface area contributed by atoms with Crippen molar-refractivity contribution < 1.29 is 37.1 Å². The lowest BCUT2D eigenvalue weighted by molar-refractivity contribution is -0.160. The van der Waals surface area contributed by atoms with Gasteiger partial charge in [0.2, 0.25) is 27.7 Å². The molecule has 2 aliphatic carbocycles. The number of ether oxygens (including phenoxy) is 2. The zero-order valence-electron chi connectivity index (χ0n) is 34.0. The Morgan fingerprint density at radius 3 is 2.38 bits per heavy atom. The Morgan fingerprint density at radius 2 is 1.73 bits per heavy atom. The van der Waals surface area contributed by atoms with Crippen LogP contribution >= 0.6 is 0 Å². The average Bonchev–Trinajstić information content (AvgIpc) is 3.99. The van der Waals surface area contributed by atoms with Crippen LogP contribution in [0.15, 0.2) is 41.2 Å². The lowest BCUT2D eigenvalue weighted by Crippen LogP contribution is -2.48. The molecule has 3 fully saturated rings. The Morgan fingerprint density at radius 1 is 1.05 bits per heavy atom. The molecule has 1 N–H and O–H groups in total. The largest absolute Gasteiger partial charge is 0.471 e. The van der Waals surface area contributed by atoms with Crippen LogP contribution in [0.3, 0.4) is 0 Å². The smallest absolute Gasteiger partial charge is 0.307 e. The van der Waals surface area contributed by atoms with Crippen molar-refractivity contribution in [2.75, 3.05) is 6.54 Å². The molecule has 1 saturated heterocycles. The number of allylic oxidation sites excluding steroid dienone is 2. The molecule has 1 aromatic carbocycles. The standard InChI is InChI=1S/C42H58N4O9S/c1-25(2)46-38(50)31-16-12-11-15-30(31)36(43-46)54-29-20-33-34(47)23-42(39(51)44-56(52,53)41(8)17-18-41)22-28(42)14-10-9-13-26(3)19-27(4)32(37(49)45(33)24-29)21-35(48)55-40(5,6)7/h10-12,14-16,25-29,32-33H,9,13,17-24H2,1-8H3,(H,44,51)/b14-10-/t26-,27-,28-,29-,32+,33+,42-/m1/s1. The SMILES string of the molecule is CC(C)n1nc(O[C@@H]2C[C@H]3C(=O)C[C@]4(C(=O)NS(=O)(=O)C5(C)CC5)C[C@H]4/C=C\CC[C@@H](C)C[C@@H](C)[C@H](CC(=O)OC(C)(C)C)C(=O)N3C2)c2ccccc2c1=O. The molecule has 4 aliphatic rings. The Hall–Kier alpha value is -4.07.